The molecule has 0 N–H and O–H groups in total. The Kier molecular flexibility index (Phi) is 5.18. The summed E-state index contributed by atoms with van der Waals surface area (Å²) in [6, 6.07) is 15.5. The fourth-order valence-electron chi connectivity index (χ4n) is 2.53. The van der Waals surface area contributed by atoms with Crippen LogP contribution in [-0.4, -0.2) is 24.0 Å². The normalized spacial score (nSPS) is 11.0. The van der Waals surface area contributed by atoms with Crippen LogP contribution in [0.3, 0.4) is 0 Å². The first kappa shape index (κ1) is 16.6. The highest BCUT2D eigenvalue weighted by atomic mass is 35.5. The van der Waals surface area contributed by atoms with Crippen LogP contribution in [0, 0.1) is 0 Å². The molecular weight excluding hydrogens is 324 g/mol. The first-order valence-electron chi connectivity index (χ1n) is 7.66. The Morgan fingerprint density at radius 1 is 1.12 bits per heavy atom. The molecule has 0 aliphatic heterocycles. The average Bonchev–Trinajstić information content (AvgIpc) is 3.03. The predicted octanol–water partition coefficient (Wildman–Crippen LogP) is 4.64. The highest BCUT2D eigenvalue weighted by molar-refractivity contribution is 6.30. The number of rotatable bonds is 6. The summed E-state index contributed by atoms with van der Waals surface area (Å²) >= 11 is 6.03. The molecule has 5 heteroatoms. The van der Waals surface area contributed by atoms with E-state index in [0.29, 0.717) is 12.4 Å². The second-order valence-corrected chi connectivity index (χ2v) is 6.11. The highest BCUT2D eigenvalue weighted by Crippen LogP contribution is 2.22. The van der Waals surface area contributed by atoms with E-state index in [1.807, 2.05) is 49.5 Å². The molecule has 0 saturated carbocycles. The Labute approximate surface area is 146 Å². The SMILES string of the molecule is COc1ccc(-c2nc(CN(C)Cc3cccc(Cl)c3)co2)cc1. The molecule has 0 atom stereocenters. The summed E-state index contributed by atoms with van der Waals surface area (Å²) < 4.78 is 10.8. The van der Waals surface area contributed by atoms with Crippen molar-refractivity contribution in [2.45, 2.75) is 13.1 Å². The van der Waals surface area contributed by atoms with Gasteiger partial charge in [0, 0.05) is 23.7 Å². The van der Waals surface area contributed by atoms with E-state index in [0.717, 1.165) is 28.6 Å². The summed E-state index contributed by atoms with van der Waals surface area (Å²) in [4.78, 5) is 6.73. The van der Waals surface area contributed by atoms with Gasteiger partial charge in [-0.2, -0.15) is 0 Å². The van der Waals surface area contributed by atoms with Gasteiger partial charge in [-0.15, -0.1) is 0 Å². The number of methoxy groups -OCH3 is 1. The summed E-state index contributed by atoms with van der Waals surface area (Å²) in [6.45, 7) is 1.50. The van der Waals surface area contributed by atoms with Gasteiger partial charge < -0.3 is 9.15 Å². The van der Waals surface area contributed by atoms with Crippen molar-refractivity contribution in [3.63, 3.8) is 0 Å². The second-order valence-electron chi connectivity index (χ2n) is 5.67. The quantitative estimate of drug-likeness (QED) is 0.654. The number of hydrogen-bond acceptors (Lipinski definition) is 4. The molecule has 0 amide bonds. The Hall–Kier alpha value is -2.30. The van der Waals surface area contributed by atoms with Gasteiger partial charge in [0.15, 0.2) is 0 Å². The van der Waals surface area contributed by atoms with E-state index >= 15 is 0 Å². The molecule has 0 radical (unpaired) electrons. The molecule has 0 aliphatic rings. The Balaban J connectivity index is 1.64. The van der Waals surface area contributed by atoms with Crippen molar-refractivity contribution < 1.29 is 9.15 Å². The van der Waals surface area contributed by atoms with E-state index in [9.17, 15) is 0 Å². The van der Waals surface area contributed by atoms with Crippen LogP contribution in [0.25, 0.3) is 11.5 Å². The smallest absolute Gasteiger partial charge is 0.226 e. The van der Waals surface area contributed by atoms with E-state index in [1.165, 1.54) is 5.56 Å². The standard InChI is InChI=1S/C19H19ClN2O2/c1-22(11-14-4-3-5-16(20)10-14)12-17-13-24-19(21-17)15-6-8-18(23-2)9-7-15/h3-10,13H,11-12H2,1-2H3. The summed E-state index contributed by atoms with van der Waals surface area (Å²) in [5, 5.41) is 0.754. The van der Waals surface area contributed by atoms with Gasteiger partial charge >= 0.3 is 0 Å². The van der Waals surface area contributed by atoms with Crippen LogP contribution in [-0.2, 0) is 13.1 Å². The van der Waals surface area contributed by atoms with Crippen molar-refractivity contribution in [1.82, 2.24) is 9.88 Å². The fraction of sp³-hybridized carbons (Fsp3) is 0.211. The Morgan fingerprint density at radius 3 is 2.62 bits per heavy atom. The monoisotopic (exact) mass is 342 g/mol. The third-order valence-corrected chi connectivity index (χ3v) is 3.90. The predicted molar refractivity (Wildman–Crippen MR) is 95.1 cm³/mol. The minimum Gasteiger partial charge on any atom is -0.497 e. The summed E-state index contributed by atoms with van der Waals surface area (Å²) in [5.41, 5.74) is 2.99. The highest BCUT2D eigenvalue weighted by Gasteiger charge is 2.09. The zero-order valence-corrected chi connectivity index (χ0v) is 14.5. The van der Waals surface area contributed by atoms with Crippen LogP contribution in [0.1, 0.15) is 11.3 Å². The van der Waals surface area contributed by atoms with Gasteiger partial charge in [-0.25, -0.2) is 4.98 Å². The number of nitrogens with zero attached hydrogens (tertiary/aromatic N) is 2. The van der Waals surface area contributed by atoms with E-state index in [-0.39, 0.29) is 0 Å². The molecule has 1 heterocycles. The number of hydrogen-bond donors (Lipinski definition) is 0. The Bertz CT molecular complexity index is 799. The van der Waals surface area contributed by atoms with Gasteiger partial charge in [-0.3, -0.25) is 4.90 Å². The third-order valence-electron chi connectivity index (χ3n) is 3.66. The van der Waals surface area contributed by atoms with Gasteiger partial charge in [0.25, 0.3) is 0 Å². The van der Waals surface area contributed by atoms with Crippen LogP contribution >= 0.6 is 11.6 Å². The number of aromatic nitrogens is 1. The van der Waals surface area contributed by atoms with Crippen molar-refractivity contribution in [3.05, 3.63) is 71.1 Å². The molecule has 0 unspecified atom stereocenters. The molecule has 0 bridgehead atoms. The van der Waals surface area contributed by atoms with Gasteiger partial charge in [0.2, 0.25) is 5.89 Å². The second kappa shape index (κ2) is 7.51. The van der Waals surface area contributed by atoms with Crippen molar-refractivity contribution in [3.8, 4) is 17.2 Å². The summed E-state index contributed by atoms with van der Waals surface area (Å²) in [7, 11) is 3.69. The maximum atomic E-state index is 6.03. The number of benzene rings is 2. The van der Waals surface area contributed by atoms with Crippen molar-refractivity contribution >= 4 is 11.6 Å². The maximum absolute atomic E-state index is 6.03. The molecule has 0 spiro atoms. The molecule has 24 heavy (non-hydrogen) atoms. The maximum Gasteiger partial charge on any atom is 0.226 e. The van der Waals surface area contributed by atoms with Crippen LogP contribution in [0.4, 0.5) is 0 Å². The molecule has 0 fully saturated rings. The van der Waals surface area contributed by atoms with E-state index in [2.05, 4.69) is 16.0 Å². The van der Waals surface area contributed by atoms with Crippen molar-refractivity contribution in [2.75, 3.05) is 14.2 Å². The lowest BCUT2D eigenvalue weighted by molar-refractivity contribution is 0.315. The summed E-state index contributed by atoms with van der Waals surface area (Å²) in [6.07, 6.45) is 1.70. The average molecular weight is 343 g/mol. The van der Waals surface area contributed by atoms with Gasteiger partial charge in [-0.1, -0.05) is 23.7 Å². The number of ether oxygens (including phenoxy) is 1. The van der Waals surface area contributed by atoms with Crippen LogP contribution < -0.4 is 4.74 Å². The van der Waals surface area contributed by atoms with Crippen LogP contribution in [0.5, 0.6) is 5.75 Å². The molecule has 0 aliphatic carbocycles. The summed E-state index contributed by atoms with van der Waals surface area (Å²) in [5.74, 6) is 1.43. The lowest BCUT2D eigenvalue weighted by Gasteiger charge is -2.15. The van der Waals surface area contributed by atoms with E-state index < -0.39 is 0 Å². The van der Waals surface area contributed by atoms with Crippen molar-refractivity contribution in [2.24, 2.45) is 0 Å². The molecule has 3 aromatic rings. The lowest BCUT2D eigenvalue weighted by Crippen LogP contribution is -2.17. The lowest BCUT2D eigenvalue weighted by atomic mass is 10.2. The topological polar surface area (TPSA) is 38.5 Å². The third kappa shape index (κ3) is 4.16. The molecule has 2 aromatic carbocycles. The Morgan fingerprint density at radius 2 is 1.92 bits per heavy atom. The van der Waals surface area contributed by atoms with Gasteiger partial charge in [0.05, 0.1) is 12.8 Å². The molecule has 124 valence electrons. The fourth-order valence-corrected chi connectivity index (χ4v) is 2.74. The van der Waals surface area contributed by atoms with E-state index in [4.69, 9.17) is 20.8 Å². The zero-order valence-electron chi connectivity index (χ0n) is 13.7. The number of halogens is 1. The van der Waals surface area contributed by atoms with Gasteiger partial charge in [-0.05, 0) is 49.0 Å². The minimum absolute atomic E-state index is 0.615. The molecule has 3 rings (SSSR count). The van der Waals surface area contributed by atoms with Crippen molar-refractivity contribution in [1.29, 1.82) is 0 Å². The first-order valence-corrected chi connectivity index (χ1v) is 8.03. The van der Waals surface area contributed by atoms with Crippen LogP contribution in [0.15, 0.2) is 59.2 Å². The van der Waals surface area contributed by atoms with Crippen LogP contribution in [0.2, 0.25) is 5.02 Å². The van der Waals surface area contributed by atoms with Gasteiger partial charge in [0.1, 0.15) is 12.0 Å². The molecule has 0 saturated heterocycles. The largest absolute Gasteiger partial charge is 0.497 e. The number of oxazole rings is 1. The zero-order chi connectivity index (χ0) is 16.9. The molecule has 4 nitrogen and oxygen atoms in total. The molecule has 1 aromatic heterocycles. The molecular formula is C19H19ClN2O2. The van der Waals surface area contributed by atoms with E-state index in [1.54, 1.807) is 13.4 Å². The minimum atomic E-state index is 0.615. The first-order chi connectivity index (χ1) is 11.6.